The molecule has 0 radical (unpaired) electrons. The summed E-state index contributed by atoms with van der Waals surface area (Å²) in [5.41, 5.74) is 3.16. The number of aromatic nitrogens is 6. The normalized spacial score (nSPS) is 16.7. The second kappa shape index (κ2) is 8.10. The summed E-state index contributed by atoms with van der Waals surface area (Å²) in [6.45, 7) is 4.17. The Kier molecular flexibility index (Phi) is 5.50. The van der Waals surface area contributed by atoms with Crippen molar-refractivity contribution in [1.82, 2.24) is 29.5 Å². The SMILES string of the molecule is Cc1cc(C)n(Cc2cc(NC3CCC(F)(F)CC3)nc(-n3ccc(CO)n3)n2)n1. The second-order valence-electron chi connectivity index (χ2n) is 7.81. The Labute approximate surface area is 173 Å². The topological polar surface area (TPSA) is 93.7 Å². The number of alkyl halides is 2. The first kappa shape index (κ1) is 20.4. The molecule has 0 atom stereocenters. The lowest BCUT2D eigenvalue weighted by molar-refractivity contribution is -0.0361. The molecule has 0 unspecified atom stereocenters. The van der Waals surface area contributed by atoms with Gasteiger partial charge in [0.1, 0.15) is 5.82 Å². The Morgan fingerprint density at radius 3 is 2.53 bits per heavy atom. The number of hydrogen-bond acceptors (Lipinski definition) is 6. The van der Waals surface area contributed by atoms with Gasteiger partial charge in [-0.1, -0.05) is 0 Å². The minimum Gasteiger partial charge on any atom is -0.390 e. The molecule has 10 heteroatoms. The van der Waals surface area contributed by atoms with Gasteiger partial charge in [-0.3, -0.25) is 4.68 Å². The third kappa shape index (κ3) is 4.64. The summed E-state index contributed by atoms with van der Waals surface area (Å²) in [5, 5.41) is 21.3. The number of hydrogen-bond donors (Lipinski definition) is 2. The van der Waals surface area contributed by atoms with Gasteiger partial charge in [0.05, 0.1) is 30.2 Å². The molecule has 0 spiro atoms. The molecular weight excluding hydrogens is 392 g/mol. The predicted molar refractivity (Wildman–Crippen MR) is 107 cm³/mol. The van der Waals surface area contributed by atoms with Gasteiger partial charge in [-0.25, -0.2) is 18.4 Å². The smallest absolute Gasteiger partial charge is 0.252 e. The van der Waals surface area contributed by atoms with Crippen LogP contribution in [0.15, 0.2) is 24.4 Å². The molecule has 4 rings (SSSR count). The van der Waals surface area contributed by atoms with E-state index in [1.807, 2.05) is 30.7 Å². The first-order chi connectivity index (χ1) is 14.3. The summed E-state index contributed by atoms with van der Waals surface area (Å²) in [6, 6.07) is 5.43. The van der Waals surface area contributed by atoms with E-state index in [9.17, 15) is 13.9 Å². The van der Waals surface area contributed by atoms with Crippen molar-refractivity contribution in [3.63, 3.8) is 0 Å². The predicted octanol–water partition coefficient (Wildman–Crippen LogP) is 3.01. The molecule has 1 saturated carbocycles. The highest BCUT2D eigenvalue weighted by molar-refractivity contribution is 5.40. The van der Waals surface area contributed by atoms with Crippen molar-refractivity contribution in [3.05, 3.63) is 47.2 Å². The minimum absolute atomic E-state index is 0.0699. The van der Waals surface area contributed by atoms with Crippen LogP contribution in [0.1, 0.15) is 48.5 Å². The summed E-state index contributed by atoms with van der Waals surface area (Å²) in [4.78, 5) is 9.13. The molecule has 0 saturated heterocycles. The van der Waals surface area contributed by atoms with Crippen LogP contribution in [0.4, 0.5) is 14.6 Å². The van der Waals surface area contributed by atoms with E-state index in [0.29, 0.717) is 36.8 Å². The largest absolute Gasteiger partial charge is 0.390 e. The van der Waals surface area contributed by atoms with Crippen molar-refractivity contribution >= 4 is 5.82 Å². The van der Waals surface area contributed by atoms with Crippen molar-refractivity contribution in [2.75, 3.05) is 5.32 Å². The van der Waals surface area contributed by atoms with Gasteiger partial charge in [-0.05, 0) is 38.8 Å². The highest BCUT2D eigenvalue weighted by Crippen LogP contribution is 2.34. The van der Waals surface area contributed by atoms with Crippen LogP contribution in [0.2, 0.25) is 0 Å². The Bertz CT molecular complexity index is 1020. The Balaban J connectivity index is 1.62. The fourth-order valence-corrected chi connectivity index (χ4v) is 3.68. The lowest BCUT2D eigenvalue weighted by atomic mass is 9.92. The van der Waals surface area contributed by atoms with Crippen LogP contribution in [0.3, 0.4) is 0 Å². The summed E-state index contributed by atoms with van der Waals surface area (Å²) >= 11 is 0. The standard InChI is InChI=1S/C20H25F2N7O/c1-13-9-14(2)29(26-13)11-17-10-18(23-15-3-6-20(21,22)7-4-15)25-19(24-17)28-8-5-16(12-30)27-28/h5,8-10,15,30H,3-4,6-7,11-12H2,1-2H3,(H,23,24,25). The lowest BCUT2D eigenvalue weighted by Crippen LogP contribution is -2.32. The van der Waals surface area contributed by atoms with E-state index in [1.54, 1.807) is 12.3 Å². The third-order valence-electron chi connectivity index (χ3n) is 5.26. The van der Waals surface area contributed by atoms with Crippen LogP contribution in [-0.4, -0.2) is 46.6 Å². The van der Waals surface area contributed by atoms with Crippen molar-refractivity contribution < 1.29 is 13.9 Å². The molecule has 2 N–H and O–H groups in total. The van der Waals surface area contributed by atoms with E-state index in [0.717, 1.165) is 17.1 Å². The third-order valence-corrected chi connectivity index (χ3v) is 5.26. The van der Waals surface area contributed by atoms with E-state index in [4.69, 9.17) is 0 Å². The van der Waals surface area contributed by atoms with Crippen molar-refractivity contribution in [2.45, 2.75) is 64.6 Å². The number of aryl methyl sites for hydroxylation is 2. The summed E-state index contributed by atoms with van der Waals surface area (Å²) < 4.78 is 30.3. The van der Waals surface area contributed by atoms with Crippen LogP contribution >= 0.6 is 0 Å². The van der Waals surface area contributed by atoms with Gasteiger partial charge in [-0.2, -0.15) is 15.2 Å². The van der Waals surface area contributed by atoms with E-state index >= 15 is 0 Å². The molecule has 1 fully saturated rings. The first-order valence-corrected chi connectivity index (χ1v) is 10.0. The zero-order valence-electron chi connectivity index (χ0n) is 17.0. The van der Waals surface area contributed by atoms with Gasteiger partial charge >= 0.3 is 0 Å². The van der Waals surface area contributed by atoms with Crippen LogP contribution in [0.5, 0.6) is 0 Å². The first-order valence-electron chi connectivity index (χ1n) is 10.0. The van der Waals surface area contributed by atoms with Gasteiger partial charge in [0, 0.05) is 36.8 Å². The van der Waals surface area contributed by atoms with Gasteiger partial charge in [0.2, 0.25) is 5.92 Å². The molecule has 1 aliphatic rings. The lowest BCUT2D eigenvalue weighted by Gasteiger charge is -2.29. The van der Waals surface area contributed by atoms with Crippen molar-refractivity contribution in [3.8, 4) is 5.95 Å². The maximum Gasteiger partial charge on any atom is 0.252 e. The highest BCUT2D eigenvalue weighted by atomic mass is 19.3. The molecule has 3 aromatic rings. The molecule has 160 valence electrons. The minimum atomic E-state index is -2.58. The number of anilines is 1. The fraction of sp³-hybridized carbons (Fsp3) is 0.500. The number of aliphatic hydroxyl groups excluding tert-OH is 1. The molecule has 30 heavy (non-hydrogen) atoms. The maximum absolute atomic E-state index is 13.5. The van der Waals surface area contributed by atoms with Gasteiger partial charge in [0.25, 0.3) is 5.95 Å². The van der Waals surface area contributed by atoms with Crippen LogP contribution in [0.25, 0.3) is 5.95 Å². The van der Waals surface area contributed by atoms with Crippen molar-refractivity contribution in [2.24, 2.45) is 0 Å². The van der Waals surface area contributed by atoms with E-state index in [-0.39, 0.29) is 25.5 Å². The number of nitrogens with zero attached hydrogens (tertiary/aromatic N) is 6. The Hall–Kier alpha value is -2.88. The van der Waals surface area contributed by atoms with E-state index < -0.39 is 5.92 Å². The molecule has 3 heterocycles. The highest BCUT2D eigenvalue weighted by Gasteiger charge is 2.35. The molecule has 3 aromatic heterocycles. The molecule has 0 amide bonds. The van der Waals surface area contributed by atoms with Crippen LogP contribution in [0, 0.1) is 13.8 Å². The van der Waals surface area contributed by atoms with Crippen molar-refractivity contribution in [1.29, 1.82) is 0 Å². The average Bonchev–Trinajstić information content (AvgIpc) is 3.30. The van der Waals surface area contributed by atoms with Crippen LogP contribution < -0.4 is 5.32 Å². The monoisotopic (exact) mass is 417 g/mol. The summed E-state index contributed by atoms with van der Waals surface area (Å²) in [6.07, 6.45) is 2.20. The van der Waals surface area contributed by atoms with Gasteiger partial charge in [0.15, 0.2) is 0 Å². The number of rotatable bonds is 6. The average molecular weight is 417 g/mol. The van der Waals surface area contributed by atoms with E-state index in [1.165, 1.54) is 4.68 Å². The molecular formula is C20H25F2N7O. The summed E-state index contributed by atoms with van der Waals surface area (Å²) in [7, 11) is 0. The number of aliphatic hydroxyl groups is 1. The maximum atomic E-state index is 13.5. The van der Waals surface area contributed by atoms with Gasteiger partial charge < -0.3 is 10.4 Å². The Morgan fingerprint density at radius 1 is 1.13 bits per heavy atom. The number of nitrogens with one attached hydrogen (secondary N) is 1. The van der Waals surface area contributed by atoms with Gasteiger partial charge in [-0.15, -0.1) is 0 Å². The molecule has 0 bridgehead atoms. The summed E-state index contributed by atoms with van der Waals surface area (Å²) in [5.74, 6) is -1.67. The zero-order valence-corrected chi connectivity index (χ0v) is 17.0. The van der Waals surface area contributed by atoms with Crippen LogP contribution in [-0.2, 0) is 13.2 Å². The molecule has 0 aromatic carbocycles. The molecule has 0 aliphatic heterocycles. The fourth-order valence-electron chi connectivity index (χ4n) is 3.68. The zero-order chi connectivity index (χ0) is 21.3. The molecule has 8 nitrogen and oxygen atoms in total. The Morgan fingerprint density at radius 2 is 1.90 bits per heavy atom. The quantitative estimate of drug-likeness (QED) is 0.640. The van der Waals surface area contributed by atoms with E-state index in [2.05, 4.69) is 25.5 Å². The second-order valence-corrected chi connectivity index (χ2v) is 7.81. The number of halogens is 2. The molecule has 1 aliphatic carbocycles.